The van der Waals surface area contributed by atoms with Crippen molar-refractivity contribution >= 4 is 6.29 Å². The summed E-state index contributed by atoms with van der Waals surface area (Å²) in [6, 6.07) is 3.35. The van der Waals surface area contributed by atoms with Crippen LogP contribution in [-0.4, -0.2) is 53.5 Å². The number of carbonyl (C=O) groups is 1. The maximum atomic E-state index is 13.1. The highest BCUT2D eigenvalue weighted by atomic mass is 16.9. The molecule has 1 aromatic heterocycles. The fraction of sp³-hybridized carbons (Fsp3) is 0.769. The van der Waals surface area contributed by atoms with E-state index in [2.05, 4.69) is 6.92 Å². The summed E-state index contributed by atoms with van der Waals surface area (Å²) in [5.74, 6) is -0.682. The summed E-state index contributed by atoms with van der Waals surface area (Å²) in [7, 11) is 0. The largest absolute Gasteiger partial charge is 0.431 e. The first-order valence-electron chi connectivity index (χ1n) is 12.7. The third-order valence-electron chi connectivity index (χ3n) is 11.0. The van der Waals surface area contributed by atoms with Gasteiger partial charge < -0.3 is 33.3 Å². The smallest absolute Gasteiger partial charge is 0.335 e. The van der Waals surface area contributed by atoms with Gasteiger partial charge in [0.2, 0.25) is 0 Å². The predicted molar refractivity (Wildman–Crippen MR) is 115 cm³/mol. The molecule has 8 fully saturated rings. The fourth-order valence-corrected chi connectivity index (χ4v) is 10.1. The number of aliphatic hydroxyl groups is 1. The second-order valence-corrected chi connectivity index (χ2v) is 12.2. The van der Waals surface area contributed by atoms with Crippen molar-refractivity contribution in [3.63, 3.8) is 0 Å². The molecule has 4 saturated carbocycles. The summed E-state index contributed by atoms with van der Waals surface area (Å²) in [5, 5.41) is 11.7. The maximum Gasteiger partial charge on any atom is 0.335 e. The van der Waals surface area contributed by atoms with Crippen molar-refractivity contribution < 1.29 is 33.3 Å². The number of carbonyl (C=O) groups excluding carboxylic acids is 1. The van der Waals surface area contributed by atoms with Crippen LogP contribution in [-0.2, 0) is 23.7 Å². The van der Waals surface area contributed by atoms with E-state index in [0.717, 1.165) is 24.7 Å². The van der Waals surface area contributed by atoms with Gasteiger partial charge in [-0.25, -0.2) is 4.79 Å². The Hall–Kier alpha value is -1.58. The standard InChI is InChI=1S/C26H30O8/c1-23-6-5-15-14(20(23)22-21(31-22)19(23)12-3-4-18(29)30-10-12)8-16(28)26-9-13-7-17(25(15,26)11-27)33-24(2,32-13)34-26/h3-4,10-11,13-17,19-22,28H,5-9H2,1-2H3. The molecule has 13 atom stereocenters. The molecule has 1 spiro atoms. The number of hydrogen-bond acceptors (Lipinski definition) is 8. The molecule has 9 rings (SSSR count). The second kappa shape index (κ2) is 6.03. The van der Waals surface area contributed by atoms with E-state index in [1.165, 1.54) is 6.07 Å². The van der Waals surface area contributed by atoms with E-state index in [1.807, 2.05) is 6.07 Å². The van der Waals surface area contributed by atoms with Gasteiger partial charge in [-0.3, -0.25) is 0 Å². The predicted octanol–water partition coefficient (Wildman–Crippen LogP) is 2.12. The summed E-state index contributed by atoms with van der Waals surface area (Å²) < 4.78 is 30.2. The molecule has 182 valence electrons. The molecule has 4 saturated heterocycles. The first-order valence-corrected chi connectivity index (χ1v) is 12.7. The van der Waals surface area contributed by atoms with Crippen molar-refractivity contribution in [2.45, 2.75) is 94.0 Å². The minimum atomic E-state index is -1.20. The molecule has 5 heterocycles. The summed E-state index contributed by atoms with van der Waals surface area (Å²) >= 11 is 0. The molecule has 4 aliphatic carbocycles. The number of ether oxygens (including phenoxy) is 4. The topological polar surface area (TPSA) is 108 Å². The Bertz CT molecular complexity index is 1130. The van der Waals surface area contributed by atoms with Gasteiger partial charge >= 0.3 is 5.63 Å². The van der Waals surface area contributed by atoms with Crippen LogP contribution in [0.1, 0.15) is 57.4 Å². The number of rotatable bonds is 2. The van der Waals surface area contributed by atoms with Crippen molar-refractivity contribution in [3.8, 4) is 0 Å². The molecule has 34 heavy (non-hydrogen) atoms. The Morgan fingerprint density at radius 2 is 2.00 bits per heavy atom. The van der Waals surface area contributed by atoms with Crippen molar-refractivity contribution in [1.82, 2.24) is 0 Å². The highest BCUT2D eigenvalue weighted by molar-refractivity contribution is 5.66. The molecule has 1 aromatic rings. The molecule has 4 bridgehead atoms. The SMILES string of the molecule is CC12OC3CC(O1)C1(C=O)C4CCC5(C)C(c6ccc(=O)oc6)C6OC6C5C4CC(O)C1(C3)O2. The minimum Gasteiger partial charge on any atom is -0.431 e. The quantitative estimate of drug-likeness (QED) is 0.517. The lowest BCUT2D eigenvalue weighted by molar-refractivity contribution is -0.550. The van der Waals surface area contributed by atoms with Crippen molar-refractivity contribution in [2.75, 3.05) is 0 Å². The third kappa shape index (κ3) is 2.12. The summed E-state index contributed by atoms with van der Waals surface area (Å²) in [5.41, 5.74) is -1.27. The molecular formula is C26H30O8. The van der Waals surface area contributed by atoms with Gasteiger partial charge in [-0.15, -0.1) is 0 Å². The van der Waals surface area contributed by atoms with Crippen molar-refractivity contribution in [3.05, 3.63) is 34.4 Å². The van der Waals surface area contributed by atoms with Gasteiger partial charge in [-0.05, 0) is 54.1 Å². The highest BCUT2D eigenvalue weighted by Crippen LogP contribution is 2.75. The number of aliphatic hydroxyl groups excluding tert-OH is 1. The molecule has 4 aliphatic heterocycles. The molecule has 13 unspecified atom stereocenters. The molecule has 0 radical (unpaired) electrons. The maximum absolute atomic E-state index is 13.1. The van der Waals surface area contributed by atoms with E-state index < -0.39 is 23.1 Å². The summed E-state index contributed by atoms with van der Waals surface area (Å²) in [6.45, 7) is 4.09. The summed E-state index contributed by atoms with van der Waals surface area (Å²) in [4.78, 5) is 24.7. The Morgan fingerprint density at radius 1 is 1.15 bits per heavy atom. The first-order chi connectivity index (χ1) is 16.2. The van der Waals surface area contributed by atoms with Crippen LogP contribution < -0.4 is 5.63 Å². The van der Waals surface area contributed by atoms with E-state index in [4.69, 9.17) is 23.4 Å². The van der Waals surface area contributed by atoms with Crippen molar-refractivity contribution in [2.24, 2.45) is 28.6 Å². The number of epoxide rings is 1. The third-order valence-corrected chi connectivity index (χ3v) is 11.0. The fourth-order valence-electron chi connectivity index (χ4n) is 10.1. The zero-order valence-electron chi connectivity index (χ0n) is 19.3. The lowest BCUT2D eigenvalue weighted by Crippen LogP contribution is -2.83. The van der Waals surface area contributed by atoms with Gasteiger partial charge in [0.25, 0.3) is 5.97 Å². The van der Waals surface area contributed by atoms with Crippen LogP contribution in [0.4, 0.5) is 0 Å². The van der Waals surface area contributed by atoms with Gasteiger partial charge in [0, 0.05) is 31.7 Å². The van der Waals surface area contributed by atoms with Gasteiger partial charge in [-0.1, -0.05) is 6.92 Å². The van der Waals surface area contributed by atoms with Gasteiger partial charge in [-0.2, -0.15) is 0 Å². The van der Waals surface area contributed by atoms with Crippen LogP contribution in [0.2, 0.25) is 0 Å². The second-order valence-electron chi connectivity index (χ2n) is 12.2. The molecular weight excluding hydrogens is 440 g/mol. The molecule has 0 aromatic carbocycles. The first kappa shape index (κ1) is 20.6. The van der Waals surface area contributed by atoms with Crippen LogP contribution in [0.5, 0.6) is 0 Å². The molecule has 8 aliphatic rings. The number of aldehydes is 1. The summed E-state index contributed by atoms with van der Waals surface area (Å²) in [6.07, 6.45) is 5.25. The van der Waals surface area contributed by atoms with Crippen LogP contribution in [0, 0.1) is 28.6 Å². The number of hydrogen-bond donors (Lipinski definition) is 1. The Labute approximate surface area is 196 Å². The zero-order chi connectivity index (χ0) is 23.3. The molecule has 1 N–H and O–H groups in total. The van der Waals surface area contributed by atoms with Crippen LogP contribution >= 0.6 is 0 Å². The Morgan fingerprint density at radius 3 is 2.74 bits per heavy atom. The monoisotopic (exact) mass is 470 g/mol. The average Bonchev–Trinajstić information content (AvgIpc) is 3.49. The van der Waals surface area contributed by atoms with Crippen molar-refractivity contribution in [1.29, 1.82) is 0 Å². The Kier molecular flexibility index (Phi) is 3.65. The minimum absolute atomic E-state index is 0.0531. The van der Waals surface area contributed by atoms with Gasteiger partial charge in [0.15, 0.2) is 0 Å². The molecule has 8 nitrogen and oxygen atoms in total. The van der Waals surface area contributed by atoms with Crippen LogP contribution in [0.3, 0.4) is 0 Å². The number of fused-ring (bicyclic) bond motifs is 5. The zero-order valence-corrected chi connectivity index (χ0v) is 19.3. The normalized spacial score (nSPS) is 60.1. The van der Waals surface area contributed by atoms with E-state index >= 15 is 0 Å². The van der Waals surface area contributed by atoms with Crippen LogP contribution in [0.15, 0.2) is 27.6 Å². The molecule has 0 amide bonds. The average molecular weight is 471 g/mol. The van der Waals surface area contributed by atoms with Gasteiger partial charge in [0.05, 0.1) is 42.2 Å². The van der Waals surface area contributed by atoms with E-state index in [-0.39, 0.29) is 59.1 Å². The highest BCUT2D eigenvalue weighted by Gasteiger charge is 2.81. The Balaban J connectivity index is 1.23. The van der Waals surface area contributed by atoms with E-state index in [1.54, 1.807) is 13.2 Å². The van der Waals surface area contributed by atoms with Crippen LogP contribution in [0.25, 0.3) is 0 Å². The van der Waals surface area contributed by atoms with Gasteiger partial charge in [0.1, 0.15) is 11.9 Å². The lowest BCUT2D eigenvalue weighted by Gasteiger charge is -2.73. The van der Waals surface area contributed by atoms with E-state index in [0.29, 0.717) is 19.3 Å². The van der Waals surface area contributed by atoms with E-state index in [9.17, 15) is 14.7 Å². The molecule has 8 heteroatoms. The lowest BCUT2D eigenvalue weighted by atomic mass is 9.40.